The standard InChI is InChI=1S/C15H22N2O5/c1-2-22-15(21)17-9-7-16(8-10-17)13(18)11-5-3-4-6-12(11)14(19)20/h3-4,11-12H,2,5-10H2,1H3,(H,19,20)/t11-,12-/m0/s1. The number of carboxylic acids is 1. The van der Waals surface area contributed by atoms with Crippen LogP contribution in [0.3, 0.4) is 0 Å². The summed E-state index contributed by atoms with van der Waals surface area (Å²) in [5, 5.41) is 9.26. The number of hydrogen-bond donors (Lipinski definition) is 1. The van der Waals surface area contributed by atoms with Crippen molar-refractivity contribution in [2.45, 2.75) is 19.8 Å². The van der Waals surface area contributed by atoms with E-state index >= 15 is 0 Å². The summed E-state index contributed by atoms with van der Waals surface area (Å²) in [7, 11) is 0. The molecule has 0 aromatic heterocycles. The molecule has 1 N–H and O–H groups in total. The summed E-state index contributed by atoms with van der Waals surface area (Å²) in [5.74, 6) is -2.20. The van der Waals surface area contributed by atoms with Crippen LogP contribution in [-0.2, 0) is 14.3 Å². The normalized spacial score (nSPS) is 25.0. The number of piperazine rings is 1. The Hall–Kier alpha value is -2.05. The molecule has 2 amide bonds. The lowest BCUT2D eigenvalue weighted by Crippen LogP contribution is -2.53. The summed E-state index contributed by atoms with van der Waals surface area (Å²) in [6, 6.07) is 0. The number of ether oxygens (including phenoxy) is 1. The molecule has 0 unspecified atom stereocenters. The minimum atomic E-state index is -0.923. The van der Waals surface area contributed by atoms with Crippen LogP contribution >= 0.6 is 0 Å². The summed E-state index contributed by atoms with van der Waals surface area (Å²) in [6.07, 6.45) is 4.19. The molecule has 1 aliphatic carbocycles. The lowest BCUT2D eigenvalue weighted by Gasteiger charge is -2.37. The third-order valence-corrected chi connectivity index (χ3v) is 4.18. The molecule has 7 heteroatoms. The van der Waals surface area contributed by atoms with E-state index in [4.69, 9.17) is 4.74 Å². The first-order valence-electron chi connectivity index (χ1n) is 7.63. The number of nitrogens with zero attached hydrogens (tertiary/aromatic N) is 2. The first-order valence-corrected chi connectivity index (χ1v) is 7.63. The van der Waals surface area contributed by atoms with Crippen LogP contribution in [-0.4, -0.2) is 65.7 Å². The number of carbonyl (C=O) groups excluding carboxylic acids is 2. The van der Waals surface area contributed by atoms with Crippen LogP contribution in [0.1, 0.15) is 19.8 Å². The minimum absolute atomic E-state index is 0.125. The van der Waals surface area contributed by atoms with E-state index in [2.05, 4.69) is 0 Å². The van der Waals surface area contributed by atoms with Gasteiger partial charge >= 0.3 is 12.1 Å². The van der Waals surface area contributed by atoms with Crippen molar-refractivity contribution in [2.75, 3.05) is 32.8 Å². The average Bonchev–Trinajstić information content (AvgIpc) is 2.54. The van der Waals surface area contributed by atoms with Gasteiger partial charge in [-0.15, -0.1) is 0 Å². The first kappa shape index (κ1) is 16.3. The molecular weight excluding hydrogens is 288 g/mol. The fraction of sp³-hybridized carbons (Fsp3) is 0.667. The van der Waals surface area contributed by atoms with Gasteiger partial charge in [0.15, 0.2) is 0 Å². The van der Waals surface area contributed by atoms with Crippen LogP contribution < -0.4 is 0 Å². The van der Waals surface area contributed by atoms with Gasteiger partial charge in [0.25, 0.3) is 0 Å². The molecule has 122 valence electrons. The number of hydrogen-bond acceptors (Lipinski definition) is 4. The molecule has 0 radical (unpaired) electrons. The molecule has 2 aliphatic rings. The van der Waals surface area contributed by atoms with E-state index < -0.39 is 17.8 Å². The maximum absolute atomic E-state index is 12.6. The molecule has 0 bridgehead atoms. The highest BCUT2D eigenvalue weighted by Crippen LogP contribution is 2.28. The number of amides is 2. The second-order valence-corrected chi connectivity index (χ2v) is 5.51. The zero-order chi connectivity index (χ0) is 16.1. The quantitative estimate of drug-likeness (QED) is 0.784. The molecule has 0 aromatic rings. The van der Waals surface area contributed by atoms with Gasteiger partial charge in [0.05, 0.1) is 18.4 Å². The van der Waals surface area contributed by atoms with E-state index in [9.17, 15) is 19.5 Å². The highest BCUT2D eigenvalue weighted by Gasteiger charge is 2.37. The fourth-order valence-electron chi connectivity index (χ4n) is 2.92. The SMILES string of the molecule is CCOC(=O)N1CCN(C(=O)[C@H]2CC=CC[C@@H]2C(=O)O)CC1. The van der Waals surface area contributed by atoms with Crippen LogP contribution in [0.15, 0.2) is 12.2 Å². The van der Waals surface area contributed by atoms with Crippen LogP contribution in [0.2, 0.25) is 0 Å². The van der Waals surface area contributed by atoms with Crippen molar-refractivity contribution in [3.63, 3.8) is 0 Å². The monoisotopic (exact) mass is 310 g/mol. The fourth-order valence-corrected chi connectivity index (χ4v) is 2.92. The van der Waals surface area contributed by atoms with Crippen molar-refractivity contribution in [3.05, 3.63) is 12.2 Å². The minimum Gasteiger partial charge on any atom is -0.481 e. The second-order valence-electron chi connectivity index (χ2n) is 5.51. The van der Waals surface area contributed by atoms with Crippen molar-refractivity contribution in [3.8, 4) is 0 Å². The van der Waals surface area contributed by atoms with Gasteiger partial charge in [-0.25, -0.2) is 4.79 Å². The highest BCUT2D eigenvalue weighted by molar-refractivity contribution is 5.85. The van der Waals surface area contributed by atoms with Crippen LogP contribution in [0.25, 0.3) is 0 Å². The molecule has 0 aromatic carbocycles. The van der Waals surface area contributed by atoms with E-state index in [0.717, 1.165) is 0 Å². The van der Waals surface area contributed by atoms with E-state index in [1.54, 1.807) is 16.7 Å². The average molecular weight is 310 g/mol. The maximum Gasteiger partial charge on any atom is 0.409 e. The van der Waals surface area contributed by atoms with Crippen molar-refractivity contribution in [2.24, 2.45) is 11.8 Å². The zero-order valence-corrected chi connectivity index (χ0v) is 12.7. The predicted molar refractivity (Wildman–Crippen MR) is 78.2 cm³/mol. The highest BCUT2D eigenvalue weighted by atomic mass is 16.6. The van der Waals surface area contributed by atoms with Crippen molar-refractivity contribution in [1.29, 1.82) is 0 Å². The predicted octanol–water partition coefficient (Wildman–Crippen LogP) is 0.954. The molecule has 1 fully saturated rings. The Bertz CT molecular complexity index is 469. The molecule has 2 atom stereocenters. The Morgan fingerprint density at radius 2 is 1.59 bits per heavy atom. The Labute approximate surface area is 129 Å². The molecular formula is C15H22N2O5. The number of carboxylic acid groups (broad SMARTS) is 1. The molecule has 2 rings (SSSR count). The summed E-state index contributed by atoms with van der Waals surface area (Å²) in [5.41, 5.74) is 0. The van der Waals surface area contributed by atoms with Crippen LogP contribution in [0, 0.1) is 11.8 Å². The van der Waals surface area contributed by atoms with Gasteiger partial charge in [0.1, 0.15) is 0 Å². The van der Waals surface area contributed by atoms with Crippen LogP contribution in [0.4, 0.5) is 4.79 Å². The smallest absolute Gasteiger partial charge is 0.409 e. The Kier molecular flexibility index (Phi) is 5.41. The van der Waals surface area contributed by atoms with E-state index in [1.165, 1.54) is 0 Å². The van der Waals surface area contributed by atoms with Crippen molar-refractivity contribution < 1.29 is 24.2 Å². The summed E-state index contributed by atoms with van der Waals surface area (Å²) in [4.78, 5) is 38.7. The summed E-state index contributed by atoms with van der Waals surface area (Å²) < 4.78 is 4.94. The van der Waals surface area contributed by atoms with E-state index in [-0.39, 0.29) is 12.0 Å². The molecule has 7 nitrogen and oxygen atoms in total. The van der Waals surface area contributed by atoms with Gasteiger partial charge < -0.3 is 19.6 Å². The third kappa shape index (κ3) is 3.58. The molecule has 0 saturated carbocycles. The second kappa shape index (κ2) is 7.29. The Morgan fingerprint density at radius 1 is 1.05 bits per heavy atom. The van der Waals surface area contributed by atoms with Crippen molar-refractivity contribution in [1.82, 2.24) is 9.80 Å². The van der Waals surface area contributed by atoms with Gasteiger partial charge in [-0.1, -0.05) is 12.2 Å². The van der Waals surface area contributed by atoms with Gasteiger partial charge in [0, 0.05) is 26.2 Å². The first-order chi connectivity index (χ1) is 10.5. The maximum atomic E-state index is 12.6. The summed E-state index contributed by atoms with van der Waals surface area (Å²) >= 11 is 0. The van der Waals surface area contributed by atoms with Crippen LogP contribution in [0.5, 0.6) is 0 Å². The Morgan fingerprint density at radius 3 is 2.14 bits per heavy atom. The molecule has 22 heavy (non-hydrogen) atoms. The number of aliphatic carboxylic acids is 1. The van der Waals surface area contributed by atoms with E-state index in [0.29, 0.717) is 45.6 Å². The van der Waals surface area contributed by atoms with Gasteiger partial charge in [-0.2, -0.15) is 0 Å². The number of carbonyl (C=O) groups is 3. The van der Waals surface area contributed by atoms with Crippen molar-refractivity contribution >= 4 is 18.0 Å². The lowest BCUT2D eigenvalue weighted by atomic mass is 9.82. The largest absolute Gasteiger partial charge is 0.481 e. The molecule has 0 spiro atoms. The number of allylic oxidation sites excluding steroid dienone is 2. The topological polar surface area (TPSA) is 87.2 Å². The molecule has 1 saturated heterocycles. The molecule has 1 aliphatic heterocycles. The number of rotatable bonds is 3. The molecule has 1 heterocycles. The third-order valence-electron chi connectivity index (χ3n) is 4.18. The summed E-state index contributed by atoms with van der Waals surface area (Å²) in [6.45, 7) is 3.76. The zero-order valence-electron chi connectivity index (χ0n) is 12.7. The Balaban J connectivity index is 1.93. The lowest BCUT2D eigenvalue weighted by molar-refractivity contribution is -0.151. The van der Waals surface area contributed by atoms with Gasteiger partial charge in [-0.3, -0.25) is 9.59 Å². The van der Waals surface area contributed by atoms with E-state index in [1.807, 2.05) is 12.2 Å². The van der Waals surface area contributed by atoms with Gasteiger partial charge in [0.2, 0.25) is 5.91 Å². The van der Waals surface area contributed by atoms with Gasteiger partial charge in [-0.05, 0) is 19.8 Å².